The zero-order chi connectivity index (χ0) is 17.9. The zero-order valence-electron chi connectivity index (χ0n) is 15.4. The number of rotatable bonds is 6. The molecule has 5 nitrogen and oxygen atoms in total. The van der Waals surface area contributed by atoms with Crippen molar-refractivity contribution in [2.75, 3.05) is 37.6 Å². The van der Waals surface area contributed by atoms with Crippen molar-refractivity contribution in [3.8, 4) is 5.75 Å². The number of carbonyl (C=O) groups is 1. The monoisotopic (exact) mass is 346 g/mol. The number of phenolic OH excluding ortho intramolecular Hbond substituents is 1. The number of para-hydroxylation sites is 2. The largest absolute Gasteiger partial charge is 0.506 e. The lowest BCUT2D eigenvalue weighted by molar-refractivity contribution is -0.149. The van der Waals surface area contributed by atoms with Crippen molar-refractivity contribution in [2.45, 2.75) is 45.6 Å². The van der Waals surface area contributed by atoms with E-state index in [0.717, 1.165) is 64.1 Å². The van der Waals surface area contributed by atoms with E-state index in [9.17, 15) is 9.90 Å². The van der Waals surface area contributed by atoms with Crippen molar-refractivity contribution < 1.29 is 14.6 Å². The number of piperazine rings is 1. The molecule has 1 atom stereocenters. The first-order valence-corrected chi connectivity index (χ1v) is 9.54. The summed E-state index contributed by atoms with van der Waals surface area (Å²) in [4.78, 5) is 16.9. The van der Waals surface area contributed by atoms with E-state index in [-0.39, 0.29) is 17.5 Å². The van der Waals surface area contributed by atoms with E-state index in [1.165, 1.54) is 0 Å². The SMILES string of the molecule is CCC1(CC)C[C@H](CCN2CCN(c3ccccc3O)CC2)OC1=O. The van der Waals surface area contributed by atoms with E-state index in [1.807, 2.05) is 18.2 Å². The highest BCUT2D eigenvalue weighted by Crippen LogP contribution is 2.41. The van der Waals surface area contributed by atoms with Crippen LogP contribution in [0.2, 0.25) is 0 Å². The van der Waals surface area contributed by atoms with Crippen molar-refractivity contribution in [1.29, 1.82) is 0 Å². The number of anilines is 1. The highest BCUT2D eigenvalue weighted by Gasteiger charge is 2.46. The first-order chi connectivity index (χ1) is 12.1. The maximum absolute atomic E-state index is 12.2. The Morgan fingerprint density at radius 3 is 2.44 bits per heavy atom. The lowest BCUT2D eigenvalue weighted by Gasteiger charge is -2.36. The smallest absolute Gasteiger partial charge is 0.312 e. The number of ether oxygens (including phenoxy) is 1. The fraction of sp³-hybridized carbons (Fsp3) is 0.650. The van der Waals surface area contributed by atoms with Crippen LogP contribution in [-0.2, 0) is 9.53 Å². The number of hydrogen-bond acceptors (Lipinski definition) is 5. The number of carbonyl (C=O) groups excluding carboxylic acids is 1. The van der Waals surface area contributed by atoms with E-state index in [1.54, 1.807) is 6.07 Å². The molecule has 0 aliphatic carbocycles. The third kappa shape index (κ3) is 3.76. The van der Waals surface area contributed by atoms with Crippen LogP contribution >= 0.6 is 0 Å². The molecule has 1 N–H and O–H groups in total. The normalized spacial score (nSPS) is 23.7. The van der Waals surface area contributed by atoms with E-state index >= 15 is 0 Å². The molecule has 2 aliphatic heterocycles. The quantitative estimate of drug-likeness (QED) is 0.803. The van der Waals surface area contributed by atoms with Gasteiger partial charge in [0.15, 0.2) is 0 Å². The van der Waals surface area contributed by atoms with Gasteiger partial charge in [-0.15, -0.1) is 0 Å². The van der Waals surface area contributed by atoms with Gasteiger partial charge in [0.25, 0.3) is 0 Å². The first kappa shape index (κ1) is 18.1. The molecule has 0 spiro atoms. The predicted octanol–water partition coefficient (Wildman–Crippen LogP) is 3.03. The summed E-state index contributed by atoms with van der Waals surface area (Å²) < 4.78 is 5.65. The number of cyclic esters (lactones) is 1. The Bertz CT molecular complexity index is 592. The standard InChI is InChI=1S/C20H30N2O3/c1-3-20(4-2)15-16(25-19(20)24)9-10-21-11-13-22(14-12-21)17-7-5-6-8-18(17)23/h5-8,16,23H,3-4,9-15H2,1-2H3/t16-/m0/s1. The Morgan fingerprint density at radius 2 is 1.84 bits per heavy atom. The van der Waals surface area contributed by atoms with Gasteiger partial charge in [0, 0.05) is 39.1 Å². The van der Waals surface area contributed by atoms with Gasteiger partial charge in [-0.2, -0.15) is 0 Å². The van der Waals surface area contributed by atoms with Gasteiger partial charge in [-0.1, -0.05) is 26.0 Å². The van der Waals surface area contributed by atoms with Crippen molar-refractivity contribution >= 4 is 11.7 Å². The van der Waals surface area contributed by atoms with Gasteiger partial charge in [-0.05, 0) is 31.4 Å². The molecule has 1 aromatic rings. The molecule has 5 heteroatoms. The predicted molar refractivity (Wildman–Crippen MR) is 98.9 cm³/mol. The summed E-state index contributed by atoms with van der Waals surface area (Å²) in [7, 11) is 0. The van der Waals surface area contributed by atoms with Gasteiger partial charge < -0.3 is 14.7 Å². The topological polar surface area (TPSA) is 53.0 Å². The molecule has 1 aromatic carbocycles. The molecule has 2 saturated heterocycles. The van der Waals surface area contributed by atoms with Gasteiger partial charge in [-0.3, -0.25) is 9.69 Å². The summed E-state index contributed by atoms with van der Waals surface area (Å²) in [5.74, 6) is 0.358. The molecule has 0 bridgehead atoms. The van der Waals surface area contributed by atoms with Crippen LogP contribution in [0.4, 0.5) is 5.69 Å². The second-order valence-electron chi connectivity index (χ2n) is 7.32. The Labute approximate surface area is 150 Å². The van der Waals surface area contributed by atoms with Crippen LogP contribution in [0.25, 0.3) is 0 Å². The molecule has 3 rings (SSSR count). The third-order valence-electron chi connectivity index (χ3n) is 6.04. The molecule has 25 heavy (non-hydrogen) atoms. The second-order valence-corrected chi connectivity index (χ2v) is 7.32. The van der Waals surface area contributed by atoms with E-state index in [0.29, 0.717) is 5.75 Å². The minimum atomic E-state index is -0.242. The third-order valence-corrected chi connectivity index (χ3v) is 6.04. The second kappa shape index (κ2) is 7.65. The number of benzene rings is 1. The number of phenols is 1. The lowest BCUT2D eigenvalue weighted by atomic mass is 9.79. The Kier molecular flexibility index (Phi) is 5.52. The molecule has 2 heterocycles. The average molecular weight is 346 g/mol. The molecule has 0 amide bonds. The summed E-state index contributed by atoms with van der Waals surface area (Å²) in [6.07, 6.45) is 3.61. The van der Waals surface area contributed by atoms with Crippen LogP contribution in [0.5, 0.6) is 5.75 Å². The molecule has 0 radical (unpaired) electrons. The number of nitrogens with zero attached hydrogens (tertiary/aromatic N) is 2. The fourth-order valence-electron chi connectivity index (χ4n) is 4.10. The Balaban J connectivity index is 1.46. The van der Waals surface area contributed by atoms with Crippen molar-refractivity contribution in [3.05, 3.63) is 24.3 Å². The van der Waals surface area contributed by atoms with E-state index in [4.69, 9.17) is 4.74 Å². The van der Waals surface area contributed by atoms with Crippen LogP contribution in [0.3, 0.4) is 0 Å². The van der Waals surface area contributed by atoms with Crippen molar-refractivity contribution in [1.82, 2.24) is 4.90 Å². The van der Waals surface area contributed by atoms with Crippen LogP contribution in [-0.4, -0.2) is 54.8 Å². The molecule has 0 saturated carbocycles. The molecule has 0 aromatic heterocycles. The molecular weight excluding hydrogens is 316 g/mol. The number of hydrogen-bond donors (Lipinski definition) is 1. The summed E-state index contributed by atoms with van der Waals surface area (Å²) in [5, 5.41) is 9.99. The van der Waals surface area contributed by atoms with Crippen LogP contribution in [0, 0.1) is 5.41 Å². The minimum absolute atomic E-state index is 0.00636. The molecule has 138 valence electrons. The summed E-state index contributed by atoms with van der Waals surface area (Å²) in [6.45, 7) is 8.92. The molecule has 2 fully saturated rings. The van der Waals surface area contributed by atoms with Gasteiger partial charge in [-0.25, -0.2) is 0 Å². The van der Waals surface area contributed by atoms with Crippen LogP contribution < -0.4 is 4.90 Å². The summed E-state index contributed by atoms with van der Waals surface area (Å²) in [6, 6.07) is 7.52. The van der Waals surface area contributed by atoms with Gasteiger partial charge in [0.2, 0.25) is 0 Å². The van der Waals surface area contributed by atoms with Crippen LogP contribution in [0.1, 0.15) is 39.5 Å². The maximum atomic E-state index is 12.2. The maximum Gasteiger partial charge on any atom is 0.312 e. The van der Waals surface area contributed by atoms with Crippen LogP contribution in [0.15, 0.2) is 24.3 Å². The molecular formula is C20H30N2O3. The van der Waals surface area contributed by atoms with E-state index in [2.05, 4.69) is 23.6 Å². The van der Waals surface area contributed by atoms with Gasteiger partial charge >= 0.3 is 5.97 Å². The Hall–Kier alpha value is -1.75. The number of aromatic hydroxyl groups is 1. The van der Waals surface area contributed by atoms with Crippen molar-refractivity contribution in [3.63, 3.8) is 0 Å². The molecule has 2 aliphatic rings. The van der Waals surface area contributed by atoms with E-state index < -0.39 is 0 Å². The molecule has 0 unspecified atom stereocenters. The van der Waals surface area contributed by atoms with Gasteiger partial charge in [0.05, 0.1) is 11.1 Å². The van der Waals surface area contributed by atoms with Gasteiger partial charge in [0.1, 0.15) is 11.9 Å². The number of esters is 1. The lowest BCUT2D eigenvalue weighted by Crippen LogP contribution is -2.47. The summed E-state index contributed by atoms with van der Waals surface area (Å²) >= 11 is 0. The fourth-order valence-corrected chi connectivity index (χ4v) is 4.10. The average Bonchev–Trinajstić information content (AvgIpc) is 2.97. The van der Waals surface area contributed by atoms with Crippen molar-refractivity contribution in [2.24, 2.45) is 5.41 Å². The minimum Gasteiger partial charge on any atom is -0.506 e. The summed E-state index contributed by atoms with van der Waals surface area (Å²) in [5.41, 5.74) is 0.677. The highest BCUT2D eigenvalue weighted by molar-refractivity contribution is 5.78. The highest BCUT2D eigenvalue weighted by atomic mass is 16.6. The Morgan fingerprint density at radius 1 is 1.16 bits per heavy atom. The first-order valence-electron chi connectivity index (χ1n) is 9.54. The zero-order valence-corrected chi connectivity index (χ0v) is 15.4.